The van der Waals surface area contributed by atoms with E-state index in [1.807, 2.05) is 36.4 Å². The molecule has 3 rings (SSSR count). The van der Waals surface area contributed by atoms with E-state index < -0.39 is 0 Å². The molecule has 0 spiro atoms. The number of halogens is 1. The van der Waals surface area contributed by atoms with Gasteiger partial charge in [-0.05, 0) is 55.0 Å². The Kier molecular flexibility index (Phi) is 8.57. The molecule has 1 heterocycles. The predicted molar refractivity (Wildman–Crippen MR) is 118 cm³/mol. The van der Waals surface area contributed by atoms with Gasteiger partial charge in [0.15, 0.2) is 0 Å². The minimum Gasteiger partial charge on any atom is -0.494 e. The minimum atomic E-state index is 0.478. The first-order chi connectivity index (χ1) is 14.3. The summed E-state index contributed by atoms with van der Waals surface area (Å²) in [7, 11) is 0. The van der Waals surface area contributed by atoms with Crippen LogP contribution in [0.4, 0.5) is 0 Å². The average molecular weight is 413 g/mol. The molecule has 0 N–H and O–H groups in total. The van der Waals surface area contributed by atoms with Gasteiger partial charge in [-0.1, -0.05) is 63.5 Å². The molecule has 0 bridgehead atoms. The molecule has 0 amide bonds. The Morgan fingerprint density at radius 1 is 0.724 bits per heavy atom. The quantitative estimate of drug-likeness (QED) is 0.287. The second kappa shape index (κ2) is 11.6. The SMILES string of the molecule is CCCCCCCCCCOc1ccc(-c2nnc(-c3ccc(Cl)cc3)o2)cc1. The molecule has 2 aromatic carbocycles. The van der Waals surface area contributed by atoms with Crippen LogP contribution in [0.15, 0.2) is 52.9 Å². The van der Waals surface area contributed by atoms with Gasteiger partial charge in [0.2, 0.25) is 11.8 Å². The highest BCUT2D eigenvalue weighted by Gasteiger charge is 2.10. The van der Waals surface area contributed by atoms with Gasteiger partial charge in [0.25, 0.3) is 0 Å². The number of hydrogen-bond acceptors (Lipinski definition) is 4. The Morgan fingerprint density at radius 2 is 1.24 bits per heavy atom. The average Bonchev–Trinajstić information content (AvgIpc) is 3.24. The maximum absolute atomic E-state index is 5.92. The highest BCUT2D eigenvalue weighted by molar-refractivity contribution is 6.30. The molecule has 0 aliphatic heterocycles. The van der Waals surface area contributed by atoms with Gasteiger partial charge in [0.05, 0.1) is 6.61 Å². The topological polar surface area (TPSA) is 48.2 Å². The van der Waals surface area contributed by atoms with Crippen LogP contribution in [-0.2, 0) is 0 Å². The summed E-state index contributed by atoms with van der Waals surface area (Å²) in [5, 5.41) is 8.95. The molecular weight excluding hydrogens is 384 g/mol. The highest BCUT2D eigenvalue weighted by Crippen LogP contribution is 2.26. The van der Waals surface area contributed by atoms with Crippen LogP contribution in [0.5, 0.6) is 5.75 Å². The normalized spacial score (nSPS) is 11.0. The Labute approximate surface area is 178 Å². The van der Waals surface area contributed by atoms with Crippen molar-refractivity contribution in [1.82, 2.24) is 10.2 Å². The summed E-state index contributed by atoms with van der Waals surface area (Å²) in [6, 6.07) is 15.1. The van der Waals surface area contributed by atoms with Crippen LogP contribution in [0.25, 0.3) is 22.9 Å². The molecule has 29 heavy (non-hydrogen) atoms. The molecule has 3 aromatic rings. The van der Waals surface area contributed by atoms with Crippen molar-refractivity contribution >= 4 is 11.6 Å². The van der Waals surface area contributed by atoms with Gasteiger partial charge in [-0.2, -0.15) is 0 Å². The molecule has 0 aliphatic carbocycles. The molecule has 0 atom stereocenters. The fourth-order valence-corrected chi connectivity index (χ4v) is 3.29. The molecule has 154 valence electrons. The third kappa shape index (κ3) is 6.90. The smallest absolute Gasteiger partial charge is 0.248 e. The van der Waals surface area contributed by atoms with E-state index >= 15 is 0 Å². The highest BCUT2D eigenvalue weighted by atomic mass is 35.5. The summed E-state index contributed by atoms with van der Waals surface area (Å²) in [6.07, 6.45) is 10.4. The number of hydrogen-bond donors (Lipinski definition) is 0. The van der Waals surface area contributed by atoms with Gasteiger partial charge in [-0.3, -0.25) is 0 Å². The molecule has 0 unspecified atom stereocenters. The molecule has 4 nitrogen and oxygen atoms in total. The monoisotopic (exact) mass is 412 g/mol. The van der Waals surface area contributed by atoms with Gasteiger partial charge < -0.3 is 9.15 Å². The van der Waals surface area contributed by atoms with Crippen molar-refractivity contribution in [3.63, 3.8) is 0 Å². The summed E-state index contributed by atoms with van der Waals surface area (Å²) in [5.41, 5.74) is 1.72. The number of rotatable bonds is 12. The maximum atomic E-state index is 5.92. The largest absolute Gasteiger partial charge is 0.494 e. The molecule has 0 aliphatic rings. The number of ether oxygens (including phenoxy) is 1. The number of unbranched alkanes of at least 4 members (excludes halogenated alkanes) is 7. The molecule has 0 saturated heterocycles. The van der Waals surface area contributed by atoms with E-state index in [1.165, 1.54) is 44.9 Å². The summed E-state index contributed by atoms with van der Waals surface area (Å²) >= 11 is 5.92. The van der Waals surface area contributed by atoms with Gasteiger partial charge >= 0.3 is 0 Å². The number of benzene rings is 2. The maximum Gasteiger partial charge on any atom is 0.248 e. The molecular formula is C24H29ClN2O2. The van der Waals surface area contributed by atoms with Crippen molar-refractivity contribution in [3.8, 4) is 28.7 Å². The van der Waals surface area contributed by atoms with E-state index in [0.717, 1.165) is 29.9 Å². The Balaban J connectivity index is 1.42. The lowest BCUT2D eigenvalue weighted by Crippen LogP contribution is -1.97. The predicted octanol–water partition coefficient (Wildman–Crippen LogP) is 7.58. The van der Waals surface area contributed by atoms with Gasteiger partial charge in [-0.15, -0.1) is 10.2 Å². The van der Waals surface area contributed by atoms with Crippen molar-refractivity contribution in [1.29, 1.82) is 0 Å². The van der Waals surface area contributed by atoms with Gasteiger partial charge in [0, 0.05) is 16.1 Å². The van der Waals surface area contributed by atoms with Crippen molar-refractivity contribution in [2.24, 2.45) is 0 Å². The lowest BCUT2D eigenvalue weighted by Gasteiger charge is -2.06. The summed E-state index contributed by atoms with van der Waals surface area (Å²) in [6.45, 7) is 3.01. The zero-order chi connectivity index (χ0) is 20.3. The van der Waals surface area contributed by atoms with E-state index in [-0.39, 0.29) is 0 Å². The second-order valence-electron chi connectivity index (χ2n) is 7.27. The van der Waals surface area contributed by atoms with Crippen molar-refractivity contribution in [2.75, 3.05) is 6.61 Å². The third-order valence-electron chi connectivity index (χ3n) is 4.88. The van der Waals surface area contributed by atoms with Crippen molar-refractivity contribution < 1.29 is 9.15 Å². The number of aromatic nitrogens is 2. The van der Waals surface area contributed by atoms with Crippen LogP contribution < -0.4 is 4.74 Å². The van der Waals surface area contributed by atoms with Crippen LogP contribution in [0.1, 0.15) is 58.3 Å². The fourth-order valence-electron chi connectivity index (χ4n) is 3.17. The van der Waals surface area contributed by atoms with Gasteiger partial charge in [-0.25, -0.2) is 0 Å². The number of nitrogens with zero attached hydrogens (tertiary/aromatic N) is 2. The zero-order valence-corrected chi connectivity index (χ0v) is 17.8. The Hall–Kier alpha value is -2.33. The Morgan fingerprint density at radius 3 is 1.83 bits per heavy atom. The molecule has 1 aromatic heterocycles. The van der Waals surface area contributed by atoms with E-state index in [0.29, 0.717) is 16.8 Å². The zero-order valence-electron chi connectivity index (χ0n) is 17.1. The first-order valence-electron chi connectivity index (χ1n) is 10.6. The van der Waals surface area contributed by atoms with Gasteiger partial charge in [0.1, 0.15) is 5.75 Å². The van der Waals surface area contributed by atoms with E-state index in [1.54, 1.807) is 12.1 Å². The van der Waals surface area contributed by atoms with Crippen LogP contribution in [0, 0.1) is 0 Å². The van der Waals surface area contributed by atoms with Crippen molar-refractivity contribution in [2.45, 2.75) is 58.3 Å². The van der Waals surface area contributed by atoms with Crippen LogP contribution in [0.3, 0.4) is 0 Å². The summed E-state index contributed by atoms with van der Waals surface area (Å²) in [4.78, 5) is 0. The molecule has 5 heteroatoms. The molecule has 0 saturated carbocycles. The standard InChI is InChI=1S/C24H29ClN2O2/c1-2-3-4-5-6-7-8-9-18-28-22-16-12-20(13-17-22)24-27-26-23(29-24)19-10-14-21(25)15-11-19/h10-17H,2-9,18H2,1H3. The minimum absolute atomic E-state index is 0.478. The lowest BCUT2D eigenvalue weighted by molar-refractivity contribution is 0.304. The summed E-state index contributed by atoms with van der Waals surface area (Å²) < 4.78 is 11.6. The first kappa shape index (κ1) is 21.4. The van der Waals surface area contributed by atoms with E-state index in [9.17, 15) is 0 Å². The van der Waals surface area contributed by atoms with Crippen LogP contribution in [-0.4, -0.2) is 16.8 Å². The summed E-state index contributed by atoms with van der Waals surface area (Å²) in [5.74, 6) is 1.84. The van der Waals surface area contributed by atoms with Crippen LogP contribution >= 0.6 is 11.6 Å². The lowest BCUT2D eigenvalue weighted by atomic mass is 10.1. The van der Waals surface area contributed by atoms with E-state index in [4.69, 9.17) is 20.8 Å². The molecule has 0 radical (unpaired) electrons. The Bertz CT molecular complexity index is 844. The third-order valence-corrected chi connectivity index (χ3v) is 5.14. The van der Waals surface area contributed by atoms with Crippen molar-refractivity contribution in [3.05, 3.63) is 53.6 Å². The second-order valence-corrected chi connectivity index (χ2v) is 7.70. The fraction of sp³-hybridized carbons (Fsp3) is 0.417. The van der Waals surface area contributed by atoms with E-state index in [2.05, 4.69) is 17.1 Å². The first-order valence-corrected chi connectivity index (χ1v) is 11.0. The molecule has 0 fully saturated rings. The van der Waals surface area contributed by atoms with Crippen LogP contribution in [0.2, 0.25) is 5.02 Å².